The van der Waals surface area contributed by atoms with Gasteiger partial charge in [-0.25, -0.2) is 0 Å². The van der Waals surface area contributed by atoms with Crippen LogP contribution < -0.4 is 5.32 Å². The molecule has 0 spiro atoms. The molecule has 1 aliphatic heterocycles. The minimum Gasteiger partial charge on any atom is -0.465 e. The Balaban J connectivity index is 2.13. The number of amides is 1. The summed E-state index contributed by atoms with van der Waals surface area (Å²) in [5, 5.41) is 3.27. The van der Waals surface area contributed by atoms with Gasteiger partial charge in [0.2, 0.25) is 5.91 Å². The van der Waals surface area contributed by atoms with E-state index in [1.165, 1.54) is 0 Å². The van der Waals surface area contributed by atoms with Crippen LogP contribution in [0.1, 0.15) is 18.1 Å². The second kappa shape index (κ2) is 6.05. The molecule has 1 amide bonds. The molecule has 0 radical (unpaired) electrons. The number of hydrogen-bond donors (Lipinski definition) is 1. The number of carbonyl (C=O) groups is 2. The summed E-state index contributed by atoms with van der Waals surface area (Å²) < 4.78 is 5.23. The van der Waals surface area contributed by atoms with Crippen LogP contribution in [0.5, 0.6) is 0 Å². The van der Waals surface area contributed by atoms with Crippen molar-refractivity contribution < 1.29 is 14.3 Å². The summed E-state index contributed by atoms with van der Waals surface area (Å²) in [6, 6.07) is 14.5. The van der Waals surface area contributed by atoms with Crippen LogP contribution in [-0.2, 0) is 26.2 Å². The lowest BCUT2D eigenvalue weighted by Gasteiger charge is -2.25. The van der Waals surface area contributed by atoms with E-state index in [0.29, 0.717) is 16.3 Å². The van der Waals surface area contributed by atoms with Crippen molar-refractivity contribution in [3.63, 3.8) is 0 Å². The lowest BCUT2D eigenvalue weighted by molar-refractivity contribution is -0.153. The fraction of sp³-hybridized carbons (Fsp3) is 0.222. The van der Waals surface area contributed by atoms with Gasteiger partial charge in [0.25, 0.3) is 0 Å². The molecule has 0 fully saturated rings. The van der Waals surface area contributed by atoms with Crippen molar-refractivity contribution in [1.82, 2.24) is 0 Å². The zero-order chi connectivity index (χ0) is 16.4. The number of anilines is 1. The van der Waals surface area contributed by atoms with E-state index in [0.717, 1.165) is 5.56 Å². The third kappa shape index (κ3) is 2.59. The smallest absolute Gasteiger partial charge is 0.326 e. The number of rotatable bonds is 4. The Morgan fingerprint density at radius 3 is 2.65 bits per heavy atom. The van der Waals surface area contributed by atoms with Crippen LogP contribution in [0.2, 0.25) is 5.02 Å². The Labute approximate surface area is 139 Å². The molecule has 0 aliphatic carbocycles. The Morgan fingerprint density at radius 1 is 1.22 bits per heavy atom. The summed E-state index contributed by atoms with van der Waals surface area (Å²) in [4.78, 5) is 25.4. The number of benzene rings is 2. The summed E-state index contributed by atoms with van der Waals surface area (Å²) in [6.07, 6.45) is 0.243. The molecule has 5 heteroatoms. The first-order chi connectivity index (χ1) is 11.1. The Morgan fingerprint density at radius 2 is 1.96 bits per heavy atom. The van der Waals surface area contributed by atoms with Gasteiger partial charge < -0.3 is 10.1 Å². The zero-order valence-electron chi connectivity index (χ0n) is 12.6. The van der Waals surface area contributed by atoms with Gasteiger partial charge in [0.1, 0.15) is 0 Å². The zero-order valence-corrected chi connectivity index (χ0v) is 13.4. The SMILES string of the molecule is CCOC(=O)C1(Cc2ccccc2)C(=O)Nc2cc(Cl)ccc21. The van der Waals surface area contributed by atoms with E-state index < -0.39 is 11.4 Å². The largest absolute Gasteiger partial charge is 0.465 e. The molecule has 0 saturated heterocycles. The molecule has 4 nitrogen and oxygen atoms in total. The second-order valence-electron chi connectivity index (χ2n) is 5.43. The molecule has 2 aromatic carbocycles. The average Bonchev–Trinajstić information content (AvgIpc) is 2.80. The van der Waals surface area contributed by atoms with Gasteiger partial charge in [-0.15, -0.1) is 0 Å². The summed E-state index contributed by atoms with van der Waals surface area (Å²) in [6.45, 7) is 1.94. The van der Waals surface area contributed by atoms with Gasteiger partial charge >= 0.3 is 5.97 Å². The molecule has 1 unspecified atom stereocenters. The molecule has 1 N–H and O–H groups in total. The molecule has 0 saturated carbocycles. The van der Waals surface area contributed by atoms with Crippen LogP contribution in [-0.4, -0.2) is 18.5 Å². The van der Waals surface area contributed by atoms with Crippen LogP contribution in [0.4, 0.5) is 5.69 Å². The maximum atomic E-state index is 12.7. The molecule has 1 aliphatic rings. The van der Waals surface area contributed by atoms with Gasteiger partial charge in [0, 0.05) is 22.7 Å². The third-order valence-corrected chi connectivity index (χ3v) is 4.25. The monoisotopic (exact) mass is 329 g/mol. The number of halogens is 1. The number of ether oxygens (including phenoxy) is 1. The summed E-state index contributed by atoms with van der Waals surface area (Å²) in [5.74, 6) is -0.917. The Kier molecular flexibility index (Phi) is 4.09. The molecule has 118 valence electrons. The average molecular weight is 330 g/mol. The van der Waals surface area contributed by atoms with E-state index in [1.54, 1.807) is 25.1 Å². The van der Waals surface area contributed by atoms with Crippen LogP contribution >= 0.6 is 11.6 Å². The van der Waals surface area contributed by atoms with Gasteiger partial charge in [0.05, 0.1) is 6.61 Å². The minimum atomic E-state index is -1.38. The van der Waals surface area contributed by atoms with Gasteiger partial charge in [0.15, 0.2) is 5.41 Å². The molecule has 3 rings (SSSR count). The molecule has 0 aromatic heterocycles. The van der Waals surface area contributed by atoms with Crippen molar-refractivity contribution >= 4 is 29.2 Å². The van der Waals surface area contributed by atoms with Crippen molar-refractivity contribution in [2.24, 2.45) is 0 Å². The highest BCUT2D eigenvalue weighted by Crippen LogP contribution is 2.42. The second-order valence-corrected chi connectivity index (χ2v) is 5.87. The molecule has 2 aromatic rings. The fourth-order valence-corrected chi connectivity index (χ4v) is 3.12. The molecule has 0 bridgehead atoms. The van der Waals surface area contributed by atoms with Crippen LogP contribution in [0, 0.1) is 0 Å². The highest BCUT2D eigenvalue weighted by molar-refractivity contribution is 6.31. The van der Waals surface area contributed by atoms with Crippen LogP contribution in [0.15, 0.2) is 48.5 Å². The number of nitrogens with one attached hydrogen (secondary N) is 1. The van der Waals surface area contributed by atoms with E-state index in [-0.39, 0.29) is 18.9 Å². The van der Waals surface area contributed by atoms with Crippen LogP contribution in [0.3, 0.4) is 0 Å². The van der Waals surface area contributed by atoms with E-state index in [1.807, 2.05) is 30.3 Å². The van der Waals surface area contributed by atoms with Crippen molar-refractivity contribution in [3.8, 4) is 0 Å². The molecule has 23 heavy (non-hydrogen) atoms. The molecular formula is C18H16ClNO3. The van der Waals surface area contributed by atoms with Gasteiger partial charge in [-0.05, 0) is 24.6 Å². The third-order valence-electron chi connectivity index (χ3n) is 4.01. The van der Waals surface area contributed by atoms with Crippen LogP contribution in [0.25, 0.3) is 0 Å². The number of fused-ring (bicyclic) bond motifs is 1. The van der Waals surface area contributed by atoms with E-state index in [2.05, 4.69) is 5.32 Å². The first-order valence-corrected chi connectivity index (χ1v) is 7.78. The van der Waals surface area contributed by atoms with Gasteiger partial charge in [-0.2, -0.15) is 0 Å². The van der Waals surface area contributed by atoms with Gasteiger partial charge in [-0.1, -0.05) is 48.0 Å². The number of esters is 1. The number of carbonyl (C=O) groups excluding carboxylic acids is 2. The molecule has 1 heterocycles. The van der Waals surface area contributed by atoms with E-state index >= 15 is 0 Å². The lowest BCUT2D eigenvalue weighted by atomic mass is 9.76. The predicted molar refractivity (Wildman–Crippen MR) is 88.5 cm³/mol. The van der Waals surface area contributed by atoms with Crippen molar-refractivity contribution in [2.45, 2.75) is 18.8 Å². The normalized spacial score (nSPS) is 19.1. The van der Waals surface area contributed by atoms with Crippen molar-refractivity contribution in [2.75, 3.05) is 11.9 Å². The van der Waals surface area contributed by atoms with Crippen molar-refractivity contribution in [3.05, 3.63) is 64.7 Å². The highest BCUT2D eigenvalue weighted by atomic mass is 35.5. The maximum absolute atomic E-state index is 12.7. The standard InChI is InChI=1S/C18H16ClNO3/c1-2-23-17(22)18(11-12-6-4-3-5-7-12)14-9-8-13(19)10-15(14)20-16(18)21/h3-10H,2,11H2,1H3,(H,20,21). The topological polar surface area (TPSA) is 55.4 Å². The quantitative estimate of drug-likeness (QED) is 0.691. The highest BCUT2D eigenvalue weighted by Gasteiger charge is 2.54. The lowest BCUT2D eigenvalue weighted by Crippen LogP contribution is -2.45. The van der Waals surface area contributed by atoms with E-state index in [4.69, 9.17) is 16.3 Å². The van der Waals surface area contributed by atoms with Crippen molar-refractivity contribution in [1.29, 1.82) is 0 Å². The first kappa shape index (κ1) is 15.6. The predicted octanol–water partition coefficient (Wildman–Crippen LogP) is 3.34. The van der Waals surface area contributed by atoms with Gasteiger partial charge in [-0.3, -0.25) is 9.59 Å². The summed E-state index contributed by atoms with van der Waals surface area (Å²) in [7, 11) is 0. The first-order valence-electron chi connectivity index (χ1n) is 7.40. The summed E-state index contributed by atoms with van der Waals surface area (Å²) >= 11 is 6.00. The Hall–Kier alpha value is -2.33. The Bertz CT molecular complexity index is 760. The summed E-state index contributed by atoms with van der Waals surface area (Å²) in [5.41, 5.74) is 0.677. The molecule has 1 atom stereocenters. The maximum Gasteiger partial charge on any atom is 0.326 e. The van der Waals surface area contributed by atoms with E-state index in [9.17, 15) is 9.59 Å². The fourth-order valence-electron chi connectivity index (χ4n) is 2.95. The molecular weight excluding hydrogens is 314 g/mol. The number of hydrogen-bond acceptors (Lipinski definition) is 3. The minimum absolute atomic E-state index is 0.214.